The Morgan fingerprint density at radius 2 is 0.402 bits per heavy atom. The van der Waals surface area contributed by atoms with Gasteiger partial charge in [-0.1, -0.05) is 304 Å². The second-order valence-electron chi connectivity index (χ2n) is 26.8. The zero-order valence-corrected chi connectivity index (χ0v) is 56.2. The largest absolute Gasteiger partial charge is 0.392 e. The van der Waals surface area contributed by atoms with E-state index in [-0.39, 0.29) is 30.5 Å². The van der Waals surface area contributed by atoms with Crippen LogP contribution in [-0.4, -0.2) is 179 Å². The van der Waals surface area contributed by atoms with Gasteiger partial charge in [0.2, 0.25) is 0 Å². The highest BCUT2D eigenvalue weighted by atomic mass is 16.3. The molecule has 0 saturated carbocycles. The van der Waals surface area contributed by atoms with Gasteiger partial charge < -0.3 is 25.5 Å². The molecule has 1 rings (SSSR count). The molecule has 0 bridgehead atoms. The van der Waals surface area contributed by atoms with Gasteiger partial charge in [-0.05, 0) is 32.1 Å². The molecule has 5 unspecified atom stereocenters. The van der Waals surface area contributed by atoms with Crippen LogP contribution in [0.3, 0.4) is 0 Å². The minimum Gasteiger partial charge on any atom is -0.392 e. The van der Waals surface area contributed by atoms with Gasteiger partial charge >= 0.3 is 0 Å². The SMILES string of the molecule is CCCCCCCCCCCC(O)CN(CCN(CCN1CCN(CCN(CC(O)CCCCCCCCCC)CC(O)CCCCCCCCCC)CC1)CC(O)CCCCCCCCCC)CC(O)CCCCCCCCCCC. The lowest BCUT2D eigenvalue weighted by atomic mass is 10.0. The van der Waals surface area contributed by atoms with Gasteiger partial charge in [0, 0.05) is 98.2 Å². The third-order valence-corrected chi connectivity index (χ3v) is 18.5. The molecule has 0 amide bonds. The summed E-state index contributed by atoms with van der Waals surface area (Å²) in [6.07, 6.45) is 56.1. The molecule has 10 nitrogen and oxygen atoms in total. The molecule has 1 fully saturated rings. The van der Waals surface area contributed by atoms with E-state index in [9.17, 15) is 25.5 Å². The smallest absolute Gasteiger partial charge is 0.0667 e. The fourth-order valence-electron chi connectivity index (χ4n) is 12.8. The van der Waals surface area contributed by atoms with E-state index in [0.717, 1.165) is 130 Å². The summed E-state index contributed by atoms with van der Waals surface area (Å²) in [5.74, 6) is 0. The first kappa shape index (κ1) is 79.6. The summed E-state index contributed by atoms with van der Waals surface area (Å²) in [7, 11) is 0. The van der Waals surface area contributed by atoms with Crippen molar-refractivity contribution in [2.45, 2.75) is 367 Å². The van der Waals surface area contributed by atoms with Crippen molar-refractivity contribution in [3.05, 3.63) is 0 Å². The van der Waals surface area contributed by atoms with E-state index in [2.05, 4.69) is 59.1 Å². The molecule has 1 saturated heterocycles. The Balaban J connectivity index is 2.95. The maximum Gasteiger partial charge on any atom is 0.0667 e. The molecular formula is C72H149N5O5. The monoisotopic (exact) mass is 1160 g/mol. The first-order valence-electron chi connectivity index (χ1n) is 37.2. The second kappa shape index (κ2) is 60.9. The first-order valence-corrected chi connectivity index (χ1v) is 37.2. The van der Waals surface area contributed by atoms with E-state index < -0.39 is 0 Å². The molecule has 0 aromatic heterocycles. The summed E-state index contributed by atoms with van der Waals surface area (Å²) < 4.78 is 0. The molecule has 0 aliphatic carbocycles. The zero-order valence-electron chi connectivity index (χ0n) is 56.2. The quantitative estimate of drug-likeness (QED) is 0.0377. The van der Waals surface area contributed by atoms with E-state index in [4.69, 9.17) is 0 Å². The van der Waals surface area contributed by atoms with Crippen molar-refractivity contribution in [2.75, 3.05) is 98.2 Å². The van der Waals surface area contributed by atoms with Crippen LogP contribution in [0.15, 0.2) is 0 Å². The van der Waals surface area contributed by atoms with Crippen LogP contribution in [0, 0.1) is 0 Å². The minimum absolute atomic E-state index is 0.342. The van der Waals surface area contributed by atoms with Crippen molar-refractivity contribution in [1.82, 2.24) is 24.5 Å². The van der Waals surface area contributed by atoms with Crippen LogP contribution in [0.4, 0.5) is 0 Å². The summed E-state index contributed by atoms with van der Waals surface area (Å²) in [5, 5.41) is 57.1. The van der Waals surface area contributed by atoms with E-state index in [1.807, 2.05) is 0 Å². The van der Waals surface area contributed by atoms with Crippen molar-refractivity contribution in [3.8, 4) is 0 Å². The number of unbranched alkanes of at least 4 members (excludes halogenated alkanes) is 37. The lowest BCUT2D eigenvalue weighted by molar-refractivity contribution is 0.0419. The Bertz CT molecular complexity index is 1190. The normalized spacial score (nSPS) is 15.6. The number of hydrogen-bond acceptors (Lipinski definition) is 10. The number of rotatable bonds is 66. The number of nitrogens with zero attached hydrogens (tertiary/aromatic N) is 5. The van der Waals surface area contributed by atoms with Crippen LogP contribution in [0.25, 0.3) is 0 Å². The first-order chi connectivity index (χ1) is 40.1. The van der Waals surface area contributed by atoms with E-state index in [1.165, 1.54) is 238 Å². The number of piperazine rings is 1. The fourth-order valence-corrected chi connectivity index (χ4v) is 12.8. The Labute approximate surface area is 512 Å². The van der Waals surface area contributed by atoms with Gasteiger partial charge in [0.05, 0.1) is 30.5 Å². The summed E-state index contributed by atoms with van der Waals surface area (Å²) in [5.41, 5.74) is 0. The van der Waals surface area contributed by atoms with Crippen LogP contribution in [0.5, 0.6) is 0 Å². The van der Waals surface area contributed by atoms with Crippen LogP contribution in [0.2, 0.25) is 0 Å². The molecule has 492 valence electrons. The van der Waals surface area contributed by atoms with Gasteiger partial charge in [-0.3, -0.25) is 24.5 Å². The van der Waals surface area contributed by atoms with Crippen LogP contribution >= 0.6 is 0 Å². The third-order valence-electron chi connectivity index (χ3n) is 18.5. The van der Waals surface area contributed by atoms with Gasteiger partial charge in [-0.25, -0.2) is 0 Å². The van der Waals surface area contributed by atoms with Crippen LogP contribution in [0.1, 0.15) is 336 Å². The predicted octanol–water partition coefficient (Wildman–Crippen LogP) is 16.7. The molecule has 1 aliphatic heterocycles. The average molecular weight is 1170 g/mol. The number of hydrogen-bond donors (Lipinski definition) is 5. The highest BCUT2D eigenvalue weighted by molar-refractivity contribution is 4.79. The Morgan fingerprint density at radius 3 is 0.634 bits per heavy atom. The Morgan fingerprint density at radius 1 is 0.232 bits per heavy atom. The summed E-state index contributed by atoms with van der Waals surface area (Å²) in [4.78, 5) is 12.5. The summed E-state index contributed by atoms with van der Waals surface area (Å²) in [6, 6.07) is 0. The molecule has 1 heterocycles. The molecule has 1 aliphatic rings. The zero-order chi connectivity index (χ0) is 59.6. The van der Waals surface area contributed by atoms with E-state index in [1.54, 1.807) is 0 Å². The highest BCUT2D eigenvalue weighted by Gasteiger charge is 2.23. The summed E-state index contributed by atoms with van der Waals surface area (Å²) >= 11 is 0. The fraction of sp³-hybridized carbons (Fsp3) is 1.00. The average Bonchev–Trinajstić information content (AvgIpc) is 3.47. The molecule has 82 heavy (non-hydrogen) atoms. The molecule has 10 heteroatoms. The van der Waals surface area contributed by atoms with E-state index >= 15 is 0 Å². The summed E-state index contributed by atoms with van der Waals surface area (Å²) in [6.45, 7) is 24.1. The third kappa shape index (κ3) is 52.7. The lowest BCUT2D eigenvalue weighted by Gasteiger charge is -2.37. The lowest BCUT2D eigenvalue weighted by Crippen LogP contribution is -2.51. The van der Waals surface area contributed by atoms with Crippen molar-refractivity contribution in [2.24, 2.45) is 0 Å². The highest BCUT2D eigenvalue weighted by Crippen LogP contribution is 2.18. The standard InChI is InChI=1S/C72H149N5O5/c1-6-11-16-21-26-31-36-41-46-51-71(81)66-77(67-72(82)52-47-42-37-32-27-22-17-12-7-2)62-60-75(63-68(78)48-43-38-33-28-23-18-13-8-3)59-57-73-53-55-74(56-54-73)58-61-76(64-69(79)49-44-39-34-29-24-19-14-9-4)65-70(80)50-45-40-35-30-25-20-15-10-5/h68-72,78-82H,6-67H2,1-5H3. The van der Waals surface area contributed by atoms with Gasteiger partial charge in [0.1, 0.15) is 0 Å². The molecule has 0 aromatic carbocycles. The Kier molecular flexibility index (Phi) is 59.1. The maximum atomic E-state index is 11.6. The van der Waals surface area contributed by atoms with Crippen molar-refractivity contribution in [1.29, 1.82) is 0 Å². The number of aliphatic hydroxyl groups excluding tert-OH is 5. The maximum absolute atomic E-state index is 11.6. The van der Waals surface area contributed by atoms with Crippen LogP contribution < -0.4 is 0 Å². The molecule has 0 aromatic rings. The predicted molar refractivity (Wildman–Crippen MR) is 358 cm³/mol. The van der Waals surface area contributed by atoms with Crippen LogP contribution in [-0.2, 0) is 0 Å². The molecular weight excluding hydrogens is 1010 g/mol. The Hall–Kier alpha value is -0.400. The topological polar surface area (TPSA) is 117 Å². The minimum atomic E-state index is -0.386. The second-order valence-corrected chi connectivity index (χ2v) is 26.8. The van der Waals surface area contributed by atoms with Crippen molar-refractivity contribution >= 4 is 0 Å². The molecule has 0 radical (unpaired) electrons. The van der Waals surface area contributed by atoms with Gasteiger partial charge in [-0.2, -0.15) is 0 Å². The number of aliphatic hydroxyl groups is 5. The van der Waals surface area contributed by atoms with Crippen molar-refractivity contribution < 1.29 is 25.5 Å². The van der Waals surface area contributed by atoms with Gasteiger partial charge in [-0.15, -0.1) is 0 Å². The molecule has 0 spiro atoms. The molecule has 5 atom stereocenters. The van der Waals surface area contributed by atoms with E-state index in [0.29, 0.717) is 32.7 Å². The van der Waals surface area contributed by atoms with Crippen molar-refractivity contribution in [3.63, 3.8) is 0 Å². The molecule has 5 N–H and O–H groups in total. The van der Waals surface area contributed by atoms with Gasteiger partial charge in [0.15, 0.2) is 0 Å². The van der Waals surface area contributed by atoms with Gasteiger partial charge in [0.25, 0.3) is 0 Å².